The van der Waals surface area contributed by atoms with Crippen molar-refractivity contribution in [2.75, 3.05) is 0 Å². The van der Waals surface area contributed by atoms with E-state index in [0.717, 1.165) is 0 Å². The van der Waals surface area contributed by atoms with Crippen molar-refractivity contribution in [2.24, 2.45) is 0 Å². The fourth-order valence-corrected chi connectivity index (χ4v) is 1.76. The van der Waals surface area contributed by atoms with Crippen LogP contribution in [0, 0.1) is 0 Å². The number of aromatic nitrogens is 2. The Morgan fingerprint density at radius 1 is 1.62 bits per heavy atom. The smallest absolute Gasteiger partial charge is 0.223 e. The third-order valence-corrected chi connectivity index (χ3v) is 2.80. The van der Waals surface area contributed by atoms with Crippen LogP contribution in [0.1, 0.15) is 5.69 Å². The summed E-state index contributed by atoms with van der Waals surface area (Å²) in [5, 5.41) is -3.67. The lowest BCUT2D eigenvalue weighted by atomic mass is 10.5. The fourth-order valence-electron chi connectivity index (χ4n) is 0.600. The zero-order chi connectivity index (χ0) is 10.2. The third-order valence-electron chi connectivity index (χ3n) is 1.11. The molecule has 0 saturated heterocycles. The Morgan fingerprint density at radius 3 is 2.38 bits per heavy atom. The van der Waals surface area contributed by atoms with Gasteiger partial charge in [0.25, 0.3) is 0 Å². The number of imidazole rings is 1. The maximum atomic E-state index is 12.4. The highest BCUT2D eigenvalue weighted by Gasteiger charge is 2.32. The van der Waals surface area contributed by atoms with E-state index in [9.17, 15) is 17.2 Å². The molecule has 4 nitrogen and oxygen atoms in total. The van der Waals surface area contributed by atoms with Crippen LogP contribution in [-0.4, -0.2) is 17.4 Å². The Morgan fingerprint density at radius 2 is 2.15 bits per heavy atom. The number of hydrogen-bond donors (Lipinski definition) is 1. The average Bonchev–Trinajstić information content (AvgIpc) is 2.29. The molecule has 1 aromatic rings. The summed E-state index contributed by atoms with van der Waals surface area (Å²) in [5.74, 6) is 0. The molecule has 0 fully saturated rings. The Hall–Kier alpha value is -0.210. The number of rotatable bonds is 2. The molecular weight excluding hydrogens is 293 g/mol. The standard InChI is InChI=1S/C4H2BrClF2N2O2S/c5-3-9-2(4(6,7)8)1-10(3)13(11)12/h1,13H. The number of hydrogen-bond acceptors (Lipinski definition) is 3. The molecule has 1 rings (SSSR count). The Balaban J connectivity index is 3.25. The van der Waals surface area contributed by atoms with E-state index in [1.165, 1.54) is 0 Å². The van der Waals surface area contributed by atoms with Gasteiger partial charge in [-0.25, -0.2) is 17.4 Å². The number of nitrogens with zero attached hydrogens (tertiary/aromatic N) is 2. The van der Waals surface area contributed by atoms with Crippen LogP contribution in [0.5, 0.6) is 0 Å². The summed E-state index contributed by atoms with van der Waals surface area (Å²) < 4.78 is 45.9. The quantitative estimate of drug-likeness (QED) is 0.661. The van der Waals surface area contributed by atoms with Gasteiger partial charge in [0.2, 0.25) is 10.9 Å². The number of alkyl halides is 3. The predicted molar refractivity (Wildman–Crippen MR) is 45.4 cm³/mol. The second-order valence-electron chi connectivity index (χ2n) is 1.98. The van der Waals surface area contributed by atoms with Gasteiger partial charge in [0.15, 0.2) is 4.73 Å². The van der Waals surface area contributed by atoms with Gasteiger partial charge < -0.3 is 0 Å². The summed E-state index contributed by atoms with van der Waals surface area (Å²) >= 11 is 7.31. The maximum absolute atomic E-state index is 12.4. The van der Waals surface area contributed by atoms with Crippen molar-refractivity contribution in [1.82, 2.24) is 8.96 Å². The lowest BCUT2D eigenvalue weighted by molar-refractivity contribution is 0.0904. The molecule has 0 spiro atoms. The minimum absolute atomic E-state index is 0.237. The van der Waals surface area contributed by atoms with Gasteiger partial charge in [-0.1, -0.05) is 0 Å². The first-order valence-corrected chi connectivity index (χ1v) is 5.09. The van der Waals surface area contributed by atoms with Crippen molar-refractivity contribution in [3.8, 4) is 0 Å². The van der Waals surface area contributed by atoms with Crippen molar-refractivity contribution < 1.29 is 17.2 Å². The fraction of sp³-hybridized carbons (Fsp3) is 0.250. The van der Waals surface area contributed by atoms with Crippen molar-refractivity contribution in [3.05, 3.63) is 16.6 Å². The zero-order valence-corrected chi connectivity index (χ0v) is 8.98. The normalized spacial score (nSPS) is 12.4. The van der Waals surface area contributed by atoms with Gasteiger partial charge in [0, 0.05) is 0 Å². The molecule has 0 saturated carbocycles. The van der Waals surface area contributed by atoms with Crippen LogP contribution in [-0.2, 0) is 16.3 Å². The second kappa shape index (κ2) is 3.50. The largest absolute Gasteiger partial charge is 0.366 e. The van der Waals surface area contributed by atoms with Crippen molar-refractivity contribution >= 4 is 38.4 Å². The summed E-state index contributed by atoms with van der Waals surface area (Å²) in [6.07, 6.45) is 0.642. The lowest BCUT2D eigenvalue weighted by Gasteiger charge is -2.00. The van der Waals surface area contributed by atoms with E-state index in [-0.39, 0.29) is 4.73 Å². The topological polar surface area (TPSA) is 52.0 Å². The number of halogens is 4. The molecule has 0 aliphatic carbocycles. The molecule has 1 aromatic heterocycles. The van der Waals surface area contributed by atoms with Crippen molar-refractivity contribution in [2.45, 2.75) is 5.38 Å². The molecule has 0 N–H and O–H groups in total. The summed E-state index contributed by atoms with van der Waals surface area (Å²) in [6, 6.07) is 0. The molecule has 0 unspecified atom stereocenters. The highest BCUT2D eigenvalue weighted by Crippen LogP contribution is 2.32. The number of thiol groups is 1. The van der Waals surface area contributed by atoms with Gasteiger partial charge in [-0.3, -0.25) is 0 Å². The first-order chi connectivity index (χ1) is 5.82. The van der Waals surface area contributed by atoms with E-state index in [2.05, 4.69) is 32.5 Å². The predicted octanol–water partition coefficient (Wildman–Crippen LogP) is 1.31. The summed E-state index contributed by atoms with van der Waals surface area (Å²) in [5.41, 5.74) is -0.819. The minimum Gasteiger partial charge on any atom is -0.223 e. The van der Waals surface area contributed by atoms with Crippen LogP contribution >= 0.6 is 27.5 Å². The molecule has 0 aromatic carbocycles. The third kappa shape index (κ3) is 2.38. The molecule has 13 heavy (non-hydrogen) atoms. The second-order valence-corrected chi connectivity index (χ2v) is 4.07. The molecular formula is C4H2BrClF2N2O2S. The molecule has 9 heteroatoms. The lowest BCUT2D eigenvalue weighted by Crippen LogP contribution is -2.03. The van der Waals surface area contributed by atoms with Crippen LogP contribution < -0.4 is 0 Å². The molecule has 0 aliphatic heterocycles. The van der Waals surface area contributed by atoms with E-state index in [4.69, 9.17) is 0 Å². The van der Waals surface area contributed by atoms with E-state index >= 15 is 0 Å². The van der Waals surface area contributed by atoms with Crippen LogP contribution in [0.15, 0.2) is 10.9 Å². The highest BCUT2D eigenvalue weighted by molar-refractivity contribution is 9.10. The highest BCUT2D eigenvalue weighted by atomic mass is 79.9. The zero-order valence-electron chi connectivity index (χ0n) is 5.75. The first-order valence-electron chi connectivity index (χ1n) is 2.79. The van der Waals surface area contributed by atoms with Crippen molar-refractivity contribution in [3.63, 3.8) is 0 Å². The van der Waals surface area contributed by atoms with Crippen molar-refractivity contribution in [1.29, 1.82) is 0 Å². The first kappa shape index (κ1) is 10.9. The van der Waals surface area contributed by atoms with E-state index in [1.54, 1.807) is 0 Å². The Bertz CT molecular complexity index is 391. The van der Waals surface area contributed by atoms with Crippen LogP contribution in [0.2, 0.25) is 0 Å². The van der Waals surface area contributed by atoms with Gasteiger partial charge in [-0.05, 0) is 27.5 Å². The molecule has 0 amide bonds. The van der Waals surface area contributed by atoms with Gasteiger partial charge in [0.05, 0.1) is 6.20 Å². The maximum Gasteiger partial charge on any atom is 0.366 e. The molecule has 0 atom stereocenters. The van der Waals surface area contributed by atoms with Gasteiger partial charge in [-0.15, -0.1) is 0 Å². The summed E-state index contributed by atoms with van der Waals surface area (Å²) in [7, 11) is -3.03. The van der Waals surface area contributed by atoms with E-state index < -0.39 is 22.0 Å². The van der Waals surface area contributed by atoms with E-state index in [1.807, 2.05) is 0 Å². The Kier molecular flexibility index (Phi) is 2.93. The minimum atomic E-state index is -3.67. The Labute approximate surface area is 86.7 Å². The molecule has 0 bridgehead atoms. The SMILES string of the molecule is O=[SH](=O)n1cc(C(F)(F)Cl)nc1Br. The molecule has 74 valence electrons. The van der Waals surface area contributed by atoms with Crippen LogP contribution in [0.3, 0.4) is 0 Å². The van der Waals surface area contributed by atoms with E-state index in [0.29, 0.717) is 10.2 Å². The summed E-state index contributed by atoms with van der Waals surface area (Å²) in [6.45, 7) is 0. The van der Waals surface area contributed by atoms with Crippen LogP contribution in [0.25, 0.3) is 0 Å². The van der Waals surface area contributed by atoms with Gasteiger partial charge >= 0.3 is 5.38 Å². The monoisotopic (exact) mass is 294 g/mol. The van der Waals surface area contributed by atoms with Crippen LogP contribution in [0.4, 0.5) is 8.78 Å². The van der Waals surface area contributed by atoms with Gasteiger partial charge in [0.1, 0.15) is 5.69 Å². The molecule has 0 aliphatic rings. The average molecular weight is 295 g/mol. The molecule has 0 radical (unpaired) electrons. The molecule has 1 heterocycles. The van der Waals surface area contributed by atoms with Gasteiger partial charge in [-0.2, -0.15) is 8.78 Å². The summed E-state index contributed by atoms with van der Waals surface area (Å²) in [4.78, 5) is 3.22.